The first-order valence-electron chi connectivity index (χ1n) is 12.2. The number of nitrogens with one attached hydrogen (secondary N) is 2. The fourth-order valence-electron chi connectivity index (χ4n) is 3.99. The van der Waals surface area contributed by atoms with Crippen LogP contribution in [0.2, 0.25) is 0 Å². The Labute approximate surface area is 227 Å². The predicted octanol–water partition coefficient (Wildman–Crippen LogP) is 4.55. The highest BCUT2D eigenvalue weighted by Crippen LogP contribution is 2.38. The highest BCUT2D eigenvalue weighted by Gasteiger charge is 2.17. The Balaban J connectivity index is 1.73. The molecule has 4 aromatic rings. The van der Waals surface area contributed by atoms with Crippen molar-refractivity contribution in [1.82, 2.24) is 24.6 Å². The first-order chi connectivity index (χ1) is 18.7. The molecule has 0 fully saturated rings. The molecule has 2 N–H and O–H groups in total. The molecule has 0 saturated heterocycles. The van der Waals surface area contributed by atoms with E-state index in [4.69, 9.17) is 16.3 Å². The van der Waals surface area contributed by atoms with Gasteiger partial charge in [0.15, 0.2) is 11.5 Å². The van der Waals surface area contributed by atoms with Crippen LogP contribution in [-0.4, -0.2) is 71.9 Å². The van der Waals surface area contributed by atoms with Crippen molar-refractivity contribution in [2.75, 3.05) is 56.9 Å². The molecule has 0 radical (unpaired) electrons. The molecule has 2 heterocycles. The minimum atomic E-state index is -0.325. The zero-order valence-electron chi connectivity index (χ0n) is 22.7. The van der Waals surface area contributed by atoms with Gasteiger partial charge in [-0.25, -0.2) is 14.5 Å². The van der Waals surface area contributed by atoms with Crippen LogP contribution in [0.25, 0.3) is 21.6 Å². The highest BCUT2D eigenvalue weighted by atomic mass is 16.5. The summed E-state index contributed by atoms with van der Waals surface area (Å²) in [6.07, 6.45) is 4.65. The molecule has 0 unspecified atom stereocenters. The molecule has 0 saturated carbocycles. The van der Waals surface area contributed by atoms with E-state index in [2.05, 4.69) is 37.0 Å². The van der Waals surface area contributed by atoms with Crippen molar-refractivity contribution in [3.63, 3.8) is 0 Å². The zero-order chi connectivity index (χ0) is 28.1. The lowest BCUT2D eigenvalue weighted by atomic mass is 10.2. The SMILES string of the molecule is [C-]#[N+]c1ccc2c(cnn2-c2nc(Nc3cc(NC(=O)C=C)c(N(C)CCN(C)C)cc3OC)ncc2C)c1. The molecular formula is C28H31N9O2. The smallest absolute Gasteiger partial charge is 0.247 e. The van der Waals surface area contributed by atoms with Crippen molar-refractivity contribution in [3.8, 4) is 11.6 Å². The Morgan fingerprint density at radius 3 is 2.67 bits per heavy atom. The molecule has 0 bridgehead atoms. The maximum Gasteiger partial charge on any atom is 0.247 e. The van der Waals surface area contributed by atoms with Crippen molar-refractivity contribution in [1.29, 1.82) is 0 Å². The number of hydrogen-bond acceptors (Lipinski definition) is 8. The second-order valence-corrected chi connectivity index (χ2v) is 9.22. The summed E-state index contributed by atoms with van der Waals surface area (Å²) >= 11 is 0. The zero-order valence-corrected chi connectivity index (χ0v) is 22.7. The summed E-state index contributed by atoms with van der Waals surface area (Å²) in [5.74, 6) is 1.15. The van der Waals surface area contributed by atoms with E-state index >= 15 is 0 Å². The second-order valence-electron chi connectivity index (χ2n) is 9.22. The molecule has 0 aliphatic carbocycles. The van der Waals surface area contributed by atoms with Crippen LogP contribution in [0.3, 0.4) is 0 Å². The van der Waals surface area contributed by atoms with Gasteiger partial charge in [0.05, 0.1) is 42.5 Å². The van der Waals surface area contributed by atoms with E-state index < -0.39 is 0 Å². The van der Waals surface area contributed by atoms with Gasteiger partial charge in [-0.1, -0.05) is 12.6 Å². The van der Waals surface area contributed by atoms with Crippen LogP contribution in [0.4, 0.5) is 28.7 Å². The number of hydrogen-bond donors (Lipinski definition) is 2. The third-order valence-electron chi connectivity index (χ3n) is 6.13. The predicted molar refractivity (Wildman–Crippen MR) is 155 cm³/mol. The van der Waals surface area contributed by atoms with Gasteiger partial charge in [-0.3, -0.25) is 4.79 Å². The van der Waals surface area contributed by atoms with E-state index in [9.17, 15) is 4.79 Å². The summed E-state index contributed by atoms with van der Waals surface area (Å²) in [6.45, 7) is 14.3. The monoisotopic (exact) mass is 525 g/mol. The van der Waals surface area contributed by atoms with Gasteiger partial charge in [-0.05, 0) is 45.3 Å². The topological polar surface area (TPSA) is 105 Å². The summed E-state index contributed by atoms with van der Waals surface area (Å²) in [5, 5.41) is 11.5. The van der Waals surface area contributed by atoms with Crippen LogP contribution < -0.4 is 20.3 Å². The molecular weight excluding hydrogens is 494 g/mol. The molecule has 39 heavy (non-hydrogen) atoms. The number of anilines is 4. The molecule has 0 atom stereocenters. The molecule has 11 heteroatoms. The Hall–Kier alpha value is -4.95. The van der Waals surface area contributed by atoms with E-state index in [1.165, 1.54) is 6.08 Å². The number of carbonyl (C=O) groups is 1. The van der Waals surface area contributed by atoms with Gasteiger partial charge in [-0.2, -0.15) is 10.1 Å². The number of benzene rings is 2. The summed E-state index contributed by atoms with van der Waals surface area (Å²) in [5.41, 5.74) is 4.15. The van der Waals surface area contributed by atoms with E-state index in [1.54, 1.807) is 42.4 Å². The molecule has 200 valence electrons. The normalized spacial score (nSPS) is 10.8. The van der Waals surface area contributed by atoms with Gasteiger partial charge in [-0.15, -0.1) is 0 Å². The van der Waals surface area contributed by atoms with Crippen molar-refractivity contribution in [2.45, 2.75) is 6.92 Å². The van der Waals surface area contributed by atoms with Crippen LogP contribution in [0, 0.1) is 13.5 Å². The summed E-state index contributed by atoms with van der Waals surface area (Å²) in [4.78, 5) is 29.1. The molecule has 4 rings (SSSR count). The van der Waals surface area contributed by atoms with E-state index in [-0.39, 0.29) is 5.91 Å². The number of carbonyl (C=O) groups excluding carboxylic acids is 1. The Morgan fingerprint density at radius 2 is 1.97 bits per heavy atom. The quantitative estimate of drug-likeness (QED) is 0.230. The molecule has 1 amide bonds. The lowest BCUT2D eigenvalue weighted by Gasteiger charge is -2.26. The summed E-state index contributed by atoms with van der Waals surface area (Å²) in [6, 6.07) is 9.06. The third kappa shape index (κ3) is 5.97. The van der Waals surface area contributed by atoms with Crippen molar-refractivity contribution >= 4 is 45.5 Å². The van der Waals surface area contributed by atoms with Gasteiger partial charge >= 0.3 is 0 Å². The standard InChI is InChI=1S/C28H31N9O2/c1-8-26(38)32-21-14-22(25(39-7)15-24(21)36(6)12-11-35(4)5)33-28-30-16-18(2)27(34-28)37-23-10-9-20(29-3)13-19(23)17-31-37/h8-10,13-17H,1,11-12H2,2,4-7H3,(H,32,38)(H,30,33,34). The number of nitrogens with zero attached hydrogens (tertiary/aromatic N) is 7. The number of aromatic nitrogens is 4. The average molecular weight is 526 g/mol. The Kier molecular flexibility index (Phi) is 8.07. The largest absolute Gasteiger partial charge is 0.494 e. The van der Waals surface area contributed by atoms with Crippen molar-refractivity contribution in [2.24, 2.45) is 0 Å². The fourth-order valence-corrected chi connectivity index (χ4v) is 3.99. The van der Waals surface area contributed by atoms with Crippen LogP contribution >= 0.6 is 0 Å². The number of fused-ring (bicyclic) bond motifs is 1. The Morgan fingerprint density at radius 1 is 1.18 bits per heavy atom. The number of aryl methyl sites for hydroxylation is 1. The van der Waals surface area contributed by atoms with Crippen LogP contribution in [0.5, 0.6) is 5.75 Å². The molecule has 2 aromatic heterocycles. The second kappa shape index (κ2) is 11.6. The van der Waals surface area contributed by atoms with Crippen LogP contribution in [0.15, 0.2) is 55.4 Å². The molecule has 0 spiro atoms. The van der Waals surface area contributed by atoms with E-state index in [0.717, 1.165) is 35.2 Å². The van der Waals surface area contributed by atoms with Crippen LogP contribution in [-0.2, 0) is 4.79 Å². The van der Waals surface area contributed by atoms with E-state index in [1.807, 2.05) is 45.1 Å². The van der Waals surface area contributed by atoms with Gasteiger partial charge < -0.3 is 25.2 Å². The first-order valence-corrected chi connectivity index (χ1v) is 12.2. The number of methoxy groups -OCH3 is 1. The maximum absolute atomic E-state index is 12.2. The molecule has 0 aliphatic rings. The highest BCUT2D eigenvalue weighted by molar-refractivity contribution is 6.02. The van der Waals surface area contributed by atoms with Crippen molar-refractivity contribution in [3.05, 3.63) is 72.4 Å². The minimum absolute atomic E-state index is 0.324. The lowest BCUT2D eigenvalue weighted by molar-refractivity contribution is -0.111. The average Bonchev–Trinajstić information content (AvgIpc) is 3.35. The van der Waals surface area contributed by atoms with Crippen LogP contribution in [0.1, 0.15) is 5.56 Å². The number of amides is 1. The number of likely N-dealkylation sites (N-methyl/N-ethyl adjacent to an activating group) is 2. The lowest BCUT2D eigenvalue weighted by Crippen LogP contribution is -2.29. The molecule has 11 nitrogen and oxygen atoms in total. The fraction of sp³-hybridized carbons (Fsp3) is 0.250. The third-order valence-corrected chi connectivity index (χ3v) is 6.13. The summed E-state index contributed by atoms with van der Waals surface area (Å²) < 4.78 is 7.42. The van der Waals surface area contributed by atoms with Gasteiger partial charge in [0.1, 0.15) is 5.75 Å². The molecule has 0 aliphatic heterocycles. The first kappa shape index (κ1) is 27.1. The van der Waals surface area contributed by atoms with Crippen molar-refractivity contribution < 1.29 is 9.53 Å². The number of rotatable bonds is 10. The Bertz CT molecular complexity index is 1570. The molecule has 2 aromatic carbocycles. The maximum atomic E-state index is 12.2. The van der Waals surface area contributed by atoms with E-state index in [0.29, 0.717) is 34.6 Å². The summed E-state index contributed by atoms with van der Waals surface area (Å²) in [7, 11) is 7.56. The van der Waals surface area contributed by atoms with Gasteiger partial charge in [0.2, 0.25) is 11.9 Å². The van der Waals surface area contributed by atoms with Gasteiger partial charge in [0.25, 0.3) is 0 Å². The minimum Gasteiger partial charge on any atom is -0.494 e. The number of ether oxygens (including phenoxy) is 1. The van der Waals surface area contributed by atoms with Gasteiger partial charge in [0, 0.05) is 43.4 Å².